The van der Waals surface area contributed by atoms with E-state index in [2.05, 4.69) is 22.0 Å². The number of carbonyl (C=O) groups is 1. The van der Waals surface area contributed by atoms with Gasteiger partial charge in [-0.25, -0.2) is 14.2 Å². The Kier molecular flexibility index (Phi) is 8.54. The van der Waals surface area contributed by atoms with Crippen molar-refractivity contribution in [2.45, 2.75) is 57.9 Å². The number of fused-ring (bicyclic) bond motifs is 2. The summed E-state index contributed by atoms with van der Waals surface area (Å²) in [4.78, 5) is 20.1. The van der Waals surface area contributed by atoms with Crippen molar-refractivity contribution < 1.29 is 19.0 Å². The van der Waals surface area contributed by atoms with Gasteiger partial charge < -0.3 is 14.4 Å². The first-order chi connectivity index (χ1) is 20.4. The lowest BCUT2D eigenvalue weighted by atomic mass is 9.93. The molecule has 0 spiro atoms. The highest BCUT2D eigenvalue weighted by Crippen LogP contribution is 2.39. The van der Waals surface area contributed by atoms with Crippen LogP contribution in [0, 0.1) is 5.92 Å². The summed E-state index contributed by atoms with van der Waals surface area (Å²) in [5.74, 6) is 0.0874. The molecule has 42 heavy (non-hydrogen) atoms. The highest BCUT2D eigenvalue weighted by molar-refractivity contribution is 6.42. The lowest BCUT2D eigenvalue weighted by molar-refractivity contribution is -0.146. The molecule has 2 aromatic heterocycles. The number of likely N-dealkylation sites (tertiary alicyclic amines) is 1. The van der Waals surface area contributed by atoms with Crippen LogP contribution in [0.2, 0.25) is 10.0 Å². The van der Waals surface area contributed by atoms with Crippen LogP contribution in [-0.2, 0) is 29.0 Å². The molecule has 2 aromatic carbocycles. The fourth-order valence-electron chi connectivity index (χ4n) is 6.21. The van der Waals surface area contributed by atoms with Gasteiger partial charge in [0.2, 0.25) is 0 Å². The molecule has 0 saturated carbocycles. The Morgan fingerprint density at radius 3 is 2.69 bits per heavy atom. The summed E-state index contributed by atoms with van der Waals surface area (Å²) in [5.41, 5.74) is 4.41. The minimum atomic E-state index is -1.02. The van der Waals surface area contributed by atoms with Gasteiger partial charge in [-0.2, -0.15) is 5.10 Å². The standard InChI is InChI=1S/C31H34Cl2FN5O3/c1-2-42-31(41)30(29-26-13-22(34)16-38(26)18-35-29)39-17-24-25(32)14-23(27(33)28(24)36-39)21-5-3-20(4-6-21)15-37-10-7-19(8-11-37)9-12-40/h3-6,14,17-19,22,30,40H,2,7-13,15-16H2,1H3/t22-,30-/m1/s1. The molecule has 11 heteroatoms. The van der Waals surface area contributed by atoms with Crippen LogP contribution in [0.15, 0.2) is 42.9 Å². The molecule has 0 unspecified atom stereocenters. The first-order valence-electron chi connectivity index (χ1n) is 14.5. The molecule has 8 nitrogen and oxygen atoms in total. The molecule has 0 amide bonds. The zero-order valence-corrected chi connectivity index (χ0v) is 25.0. The van der Waals surface area contributed by atoms with Gasteiger partial charge in [0.1, 0.15) is 11.7 Å². The third kappa shape index (κ3) is 5.67. The number of carbonyl (C=O) groups excluding carboxylic acids is 1. The first-order valence-corrected chi connectivity index (χ1v) is 15.3. The topological polar surface area (TPSA) is 85.4 Å². The van der Waals surface area contributed by atoms with E-state index in [1.807, 2.05) is 18.2 Å². The number of aliphatic hydroxyl groups excluding tert-OH is 1. The number of alkyl halides is 1. The van der Waals surface area contributed by atoms with E-state index in [-0.39, 0.29) is 26.2 Å². The van der Waals surface area contributed by atoms with Crippen LogP contribution < -0.4 is 0 Å². The molecule has 2 atom stereocenters. The number of aromatic nitrogens is 4. The minimum Gasteiger partial charge on any atom is -0.464 e. The monoisotopic (exact) mass is 613 g/mol. The number of nitrogens with zero attached hydrogens (tertiary/aromatic N) is 5. The number of hydrogen-bond acceptors (Lipinski definition) is 6. The van der Waals surface area contributed by atoms with Gasteiger partial charge in [0.25, 0.3) is 0 Å². The van der Waals surface area contributed by atoms with Crippen molar-refractivity contribution in [3.8, 4) is 11.1 Å². The predicted molar refractivity (Wildman–Crippen MR) is 160 cm³/mol. The molecule has 0 radical (unpaired) electrons. The summed E-state index contributed by atoms with van der Waals surface area (Å²) >= 11 is 13.7. The van der Waals surface area contributed by atoms with Gasteiger partial charge in [0.05, 0.1) is 35.2 Å². The molecule has 0 bridgehead atoms. The Hall–Kier alpha value is -2.98. The SMILES string of the molecule is CCOC(=O)[C@@H](c1ncn2c1C[C@@H](F)C2)n1cc2c(Cl)cc(-c3ccc(CN4CCC(CCO)CC4)cc3)c(Cl)c2n1. The highest BCUT2D eigenvalue weighted by atomic mass is 35.5. The van der Waals surface area contributed by atoms with Crippen molar-refractivity contribution in [3.05, 3.63) is 69.9 Å². The van der Waals surface area contributed by atoms with Crippen molar-refractivity contribution in [2.24, 2.45) is 5.92 Å². The molecule has 1 saturated heterocycles. The van der Waals surface area contributed by atoms with Crippen molar-refractivity contribution in [3.63, 3.8) is 0 Å². The fourth-order valence-corrected chi connectivity index (χ4v) is 6.77. The van der Waals surface area contributed by atoms with E-state index in [0.29, 0.717) is 38.3 Å². The minimum absolute atomic E-state index is 0.176. The van der Waals surface area contributed by atoms with Gasteiger partial charge in [-0.15, -0.1) is 0 Å². The number of halogens is 3. The summed E-state index contributed by atoms with van der Waals surface area (Å²) < 4.78 is 22.8. The normalized spacial score (nSPS) is 18.5. The van der Waals surface area contributed by atoms with E-state index >= 15 is 0 Å². The average Bonchev–Trinajstić information content (AvgIpc) is 3.68. The summed E-state index contributed by atoms with van der Waals surface area (Å²) in [6, 6.07) is 9.12. The second-order valence-electron chi connectivity index (χ2n) is 11.2. The molecule has 2 aliphatic heterocycles. The van der Waals surface area contributed by atoms with Gasteiger partial charge in [-0.1, -0.05) is 47.5 Å². The molecule has 4 heterocycles. The summed E-state index contributed by atoms with van der Waals surface area (Å²) in [5, 5.41) is 15.4. The van der Waals surface area contributed by atoms with Crippen LogP contribution >= 0.6 is 23.2 Å². The number of benzene rings is 2. The van der Waals surface area contributed by atoms with Gasteiger partial charge in [-0.05, 0) is 62.4 Å². The Balaban J connectivity index is 1.28. The number of hydrogen-bond donors (Lipinski definition) is 1. The molecular formula is C31H34Cl2FN5O3. The number of rotatable bonds is 9. The van der Waals surface area contributed by atoms with E-state index in [4.69, 9.17) is 33.0 Å². The van der Waals surface area contributed by atoms with E-state index in [1.165, 1.54) is 10.2 Å². The third-order valence-electron chi connectivity index (χ3n) is 8.44. The summed E-state index contributed by atoms with van der Waals surface area (Å²) in [6.45, 7) is 5.34. The molecule has 4 aromatic rings. The fraction of sp³-hybridized carbons (Fsp3) is 0.452. The molecule has 0 aliphatic carbocycles. The molecular weight excluding hydrogens is 580 g/mol. The summed E-state index contributed by atoms with van der Waals surface area (Å²) in [6.07, 6.45) is 5.52. The molecule has 222 valence electrons. The van der Waals surface area contributed by atoms with E-state index < -0.39 is 18.2 Å². The first kappa shape index (κ1) is 29.1. The Bertz CT molecular complexity index is 1580. The molecule has 6 rings (SSSR count). The number of imidazole rings is 1. The maximum Gasteiger partial charge on any atom is 0.337 e. The van der Waals surface area contributed by atoms with Crippen LogP contribution in [0.1, 0.15) is 49.2 Å². The van der Waals surface area contributed by atoms with Crippen LogP contribution in [0.5, 0.6) is 0 Å². The van der Waals surface area contributed by atoms with E-state index in [0.717, 1.165) is 50.0 Å². The largest absolute Gasteiger partial charge is 0.464 e. The van der Waals surface area contributed by atoms with Crippen LogP contribution in [0.4, 0.5) is 4.39 Å². The van der Waals surface area contributed by atoms with Crippen LogP contribution in [0.25, 0.3) is 22.0 Å². The molecule has 1 fully saturated rings. The van der Waals surface area contributed by atoms with Crippen molar-refractivity contribution in [1.29, 1.82) is 0 Å². The van der Waals surface area contributed by atoms with Gasteiger partial charge in [-0.3, -0.25) is 9.58 Å². The number of ether oxygens (including phenoxy) is 1. The third-order valence-corrected chi connectivity index (χ3v) is 9.14. The van der Waals surface area contributed by atoms with Crippen molar-refractivity contribution >= 4 is 40.1 Å². The van der Waals surface area contributed by atoms with Crippen molar-refractivity contribution in [1.82, 2.24) is 24.2 Å². The average molecular weight is 615 g/mol. The van der Waals surface area contributed by atoms with Crippen LogP contribution in [-0.4, -0.2) is 67.8 Å². The molecule has 1 N–H and O–H groups in total. The number of esters is 1. The zero-order chi connectivity index (χ0) is 29.4. The Morgan fingerprint density at radius 2 is 1.98 bits per heavy atom. The van der Waals surface area contributed by atoms with Gasteiger partial charge >= 0.3 is 5.97 Å². The number of piperidine rings is 1. The van der Waals surface area contributed by atoms with Gasteiger partial charge in [0.15, 0.2) is 6.04 Å². The maximum atomic E-state index is 14.2. The second-order valence-corrected chi connectivity index (χ2v) is 12.0. The lowest BCUT2D eigenvalue weighted by Crippen LogP contribution is -2.33. The number of aliphatic hydroxyl groups is 1. The molecule has 2 aliphatic rings. The Labute approximate surface area is 254 Å². The second kappa shape index (κ2) is 12.3. The van der Waals surface area contributed by atoms with Crippen LogP contribution in [0.3, 0.4) is 0 Å². The maximum absolute atomic E-state index is 14.2. The van der Waals surface area contributed by atoms with E-state index in [1.54, 1.807) is 24.0 Å². The summed E-state index contributed by atoms with van der Waals surface area (Å²) in [7, 11) is 0. The zero-order valence-electron chi connectivity index (χ0n) is 23.5. The highest BCUT2D eigenvalue weighted by Gasteiger charge is 2.35. The Morgan fingerprint density at radius 1 is 1.21 bits per heavy atom. The predicted octanol–water partition coefficient (Wildman–Crippen LogP) is 5.85. The van der Waals surface area contributed by atoms with Gasteiger partial charge in [0, 0.05) is 42.4 Å². The lowest BCUT2D eigenvalue weighted by Gasteiger charge is -2.31. The van der Waals surface area contributed by atoms with Crippen molar-refractivity contribution in [2.75, 3.05) is 26.3 Å². The smallest absolute Gasteiger partial charge is 0.337 e. The van der Waals surface area contributed by atoms with E-state index in [9.17, 15) is 14.3 Å². The quantitative estimate of drug-likeness (QED) is 0.238.